The van der Waals surface area contributed by atoms with Crippen molar-refractivity contribution in [3.63, 3.8) is 0 Å². The molecule has 6 amide bonds. The predicted octanol–water partition coefficient (Wildman–Crippen LogP) is -3.00. The maximum absolute atomic E-state index is 13.9. The zero-order valence-electron chi connectivity index (χ0n) is 33.0. The summed E-state index contributed by atoms with van der Waals surface area (Å²) >= 11 is 0. The first-order valence-electron chi connectivity index (χ1n) is 20.2. The SMILES string of the molecule is NCCCC[C@H](NC(=O)[C@H](CCCCN)NC(=O)[C@H](CCCCN)NC(=O)[C@H](CCCCN)NC(=O)[C@H](CCCCN)NC(=O)[C@@H](N)CCCCN)C(N)=O. The summed E-state index contributed by atoms with van der Waals surface area (Å²) < 4.78 is 0. The topological polar surface area (TPSA) is 371 Å². The molecule has 0 heterocycles. The van der Waals surface area contributed by atoms with Crippen LogP contribution in [0.15, 0.2) is 0 Å². The Labute approximate surface area is 327 Å². The zero-order chi connectivity index (χ0) is 41.4. The highest BCUT2D eigenvalue weighted by molar-refractivity contribution is 5.96. The lowest BCUT2D eigenvalue weighted by atomic mass is 10.0. The number of unbranched alkanes of at least 4 members (excludes halogenated alkanes) is 6. The molecule has 0 aromatic heterocycles. The third-order valence-electron chi connectivity index (χ3n) is 9.23. The van der Waals surface area contributed by atoms with Gasteiger partial charge < -0.3 is 72.5 Å². The fourth-order valence-corrected chi connectivity index (χ4v) is 5.83. The summed E-state index contributed by atoms with van der Waals surface area (Å²) in [5.41, 5.74) is 45.6. The van der Waals surface area contributed by atoms with Crippen LogP contribution in [-0.4, -0.2) is 111 Å². The molecular formula is C36H75N13O6. The number of nitrogens with one attached hydrogen (secondary N) is 5. The van der Waals surface area contributed by atoms with Gasteiger partial charge in [0.25, 0.3) is 0 Å². The number of nitrogens with two attached hydrogens (primary N) is 8. The third kappa shape index (κ3) is 23.9. The molecule has 0 fully saturated rings. The van der Waals surface area contributed by atoms with Crippen LogP contribution in [0.4, 0.5) is 0 Å². The third-order valence-corrected chi connectivity index (χ3v) is 9.23. The van der Waals surface area contributed by atoms with Crippen LogP contribution < -0.4 is 72.5 Å². The molecule has 6 atom stereocenters. The summed E-state index contributed by atoms with van der Waals surface area (Å²) in [6.45, 7) is 2.39. The summed E-state index contributed by atoms with van der Waals surface area (Å²) in [4.78, 5) is 80.0. The van der Waals surface area contributed by atoms with Crippen LogP contribution in [0.25, 0.3) is 0 Å². The van der Waals surface area contributed by atoms with E-state index in [1.807, 2.05) is 0 Å². The van der Waals surface area contributed by atoms with Crippen LogP contribution in [0, 0.1) is 0 Å². The summed E-state index contributed by atoms with van der Waals surface area (Å²) in [5.74, 6) is -3.63. The molecule has 0 aromatic carbocycles. The van der Waals surface area contributed by atoms with Gasteiger partial charge in [-0.15, -0.1) is 0 Å². The van der Waals surface area contributed by atoms with Gasteiger partial charge in [-0.1, -0.05) is 6.42 Å². The molecule has 0 saturated heterocycles. The molecular weight excluding hydrogens is 710 g/mol. The van der Waals surface area contributed by atoms with Crippen molar-refractivity contribution in [1.82, 2.24) is 26.6 Å². The highest BCUT2D eigenvalue weighted by Crippen LogP contribution is 2.10. The Kier molecular flexibility index (Phi) is 30.7. The van der Waals surface area contributed by atoms with Crippen LogP contribution in [-0.2, 0) is 28.8 Å². The Morgan fingerprint density at radius 1 is 0.327 bits per heavy atom. The van der Waals surface area contributed by atoms with Gasteiger partial charge in [-0.3, -0.25) is 28.8 Å². The minimum atomic E-state index is -1.10. The molecule has 0 spiro atoms. The second-order valence-electron chi connectivity index (χ2n) is 14.0. The van der Waals surface area contributed by atoms with E-state index in [4.69, 9.17) is 45.9 Å². The predicted molar refractivity (Wildman–Crippen MR) is 214 cm³/mol. The molecule has 320 valence electrons. The fourth-order valence-electron chi connectivity index (χ4n) is 5.83. The molecule has 0 aliphatic rings. The molecule has 0 aliphatic heterocycles. The molecule has 55 heavy (non-hydrogen) atoms. The molecule has 0 rings (SSSR count). The Hall–Kier alpha value is -3.46. The first kappa shape index (κ1) is 51.5. The molecule has 0 saturated carbocycles. The summed E-state index contributed by atoms with van der Waals surface area (Å²) in [7, 11) is 0. The van der Waals surface area contributed by atoms with E-state index in [1.165, 1.54) is 0 Å². The molecule has 0 radical (unpaired) electrons. The van der Waals surface area contributed by atoms with Gasteiger partial charge in [0.15, 0.2) is 0 Å². The van der Waals surface area contributed by atoms with Crippen LogP contribution in [0.3, 0.4) is 0 Å². The van der Waals surface area contributed by atoms with E-state index < -0.39 is 71.7 Å². The van der Waals surface area contributed by atoms with E-state index >= 15 is 0 Å². The lowest BCUT2D eigenvalue weighted by Gasteiger charge is -2.27. The molecule has 0 bridgehead atoms. The lowest BCUT2D eigenvalue weighted by molar-refractivity contribution is -0.135. The summed E-state index contributed by atoms with van der Waals surface area (Å²) in [5, 5.41) is 13.7. The number of hydrogen-bond acceptors (Lipinski definition) is 13. The van der Waals surface area contributed by atoms with Crippen molar-refractivity contribution in [3.8, 4) is 0 Å². The highest BCUT2D eigenvalue weighted by Gasteiger charge is 2.32. The Balaban J connectivity index is 6.22. The Morgan fingerprint density at radius 3 is 0.800 bits per heavy atom. The fraction of sp³-hybridized carbons (Fsp3) is 0.833. The van der Waals surface area contributed by atoms with Crippen molar-refractivity contribution in [1.29, 1.82) is 0 Å². The van der Waals surface area contributed by atoms with E-state index in [0.29, 0.717) is 123 Å². The number of hydrogen-bond donors (Lipinski definition) is 13. The minimum absolute atomic E-state index is 0.193. The number of amides is 6. The van der Waals surface area contributed by atoms with Crippen molar-refractivity contribution < 1.29 is 28.8 Å². The van der Waals surface area contributed by atoms with Gasteiger partial charge in [0.05, 0.1) is 6.04 Å². The number of carbonyl (C=O) groups is 6. The summed E-state index contributed by atoms with van der Waals surface area (Å²) in [6.07, 6.45) is 8.50. The Morgan fingerprint density at radius 2 is 0.545 bits per heavy atom. The molecule has 19 heteroatoms. The van der Waals surface area contributed by atoms with Gasteiger partial charge in [0.2, 0.25) is 35.4 Å². The molecule has 0 aromatic rings. The molecule has 19 nitrogen and oxygen atoms in total. The zero-order valence-corrected chi connectivity index (χ0v) is 33.0. The van der Waals surface area contributed by atoms with Gasteiger partial charge in [-0.05, 0) is 148 Å². The van der Waals surface area contributed by atoms with Gasteiger partial charge >= 0.3 is 0 Å². The van der Waals surface area contributed by atoms with Crippen molar-refractivity contribution >= 4 is 35.4 Å². The normalized spacial score (nSPS) is 14.5. The number of carbonyl (C=O) groups excluding carboxylic acids is 6. The first-order valence-corrected chi connectivity index (χ1v) is 20.2. The average molecular weight is 786 g/mol. The second-order valence-corrected chi connectivity index (χ2v) is 14.0. The highest BCUT2D eigenvalue weighted by atomic mass is 16.2. The van der Waals surface area contributed by atoms with Crippen molar-refractivity contribution in [2.24, 2.45) is 45.9 Å². The van der Waals surface area contributed by atoms with Crippen LogP contribution >= 0.6 is 0 Å². The van der Waals surface area contributed by atoms with Crippen LogP contribution in [0.1, 0.15) is 116 Å². The smallest absolute Gasteiger partial charge is 0.243 e. The van der Waals surface area contributed by atoms with Crippen molar-refractivity contribution in [2.75, 3.05) is 39.3 Å². The monoisotopic (exact) mass is 786 g/mol. The minimum Gasteiger partial charge on any atom is -0.368 e. The van der Waals surface area contributed by atoms with E-state index in [9.17, 15) is 28.8 Å². The number of rotatable bonds is 35. The first-order chi connectivity index (χ1) is 26.4. The van der Waals surface area contributed by atoms with Crippen molar-refractivity contribution in [3.05, 3.63) is 0 Å². The van der Waals surface area contributed by atoms with E-state index in [-0.39, 0.29) is 32.1 Å². The largest absolute Gasteiger partial charge is 0.368 e. The quantitative estimate of drug-likeness (QED) is 0.0285. The van der Waals surface area contributed by atoms with Gasteiger partial charge in [-0.25, -0.2) is 0 Å². The summed E-state index contributed by atoms with van der Waals surface area (Å²) in [6, 6.07) is -6.01. The van der Waals surface area contributed by atoms with Gasteiger partial charge in [-0.2, -0.15) is 0 Å². The van der Waals surface area contributed by atoms with E-state index in [0.717, 1.165) is 0 Å². The second kappa shape index (κ2) is 32.8. The van der Waals surface area contributed by atoms with Crippen LogP contribution in [0.2, 0.25) is 0 Å². The number of primary amides is 1. The molecule has 0 aliphatic carbocycles. The molecule has 21 N–H and O–H groups in total. The van der Waals surface area contributed by atoms with Gasteiger partial charge in [0, 0.05) is 0 Å². The standard InChI is InChI=1S/C36H75N13O6/c37-19-7-1-13-25(43)32(51)46-27(15-3-9-21-39)34(53)48-29(17-5-11-23-41)36(55)49-30(18-6-12-24-42)35(54)47-28(16-4-10-22-40)33(52)45-26(31(44)50)14-2-8-20-38/h25-30H,1-24,37-43H2,(H2,44,50)(H,45,52)(H,46,51)(H,47,54)(H,48,53)(H,49,55)/t25-,26-,27-,28-,29-,30-/m0/s1. The molecule has 0 unspecified atom stereocenters. The van der Waals surface area contributed by atoms with Gasteiger partial charge in [0.1, 0.15) is 30.2 Å². The van der Waals surface area contributed by atoms with E-state index in [2.05, 4.69) is 26.6 Å². The maximum atomic E-state index is 13.9. The lowest BCUT2D eigenvalue weighted by Crippen LogP contribution is -2.59. The Bertz CT molecular complexity index is 1100. The average Bonchev–Trinajstić information content (AvgIpc) is 3.15. The van der Waals surface area contributed by atoms with Crippen LogP contribution in [0.5, 0.6) is 0 Å². The maximum Gasteiger partial charge on any atom is 0.243 e. The van der Waals surface area contributed by atoms with E-state index in [1.54, 1.807) is 0 Å². The van der Waals surface area contributed by atoms with Crippen molar-refractivity contribution in [2.45, 2.75) is 152 Å².